The Balaban J connectivity index is 2.55. The van der Waals surface area contributed by atoms with Gasteiger partial charge in [-0.05, 0) is 24.2 Å². The van der Waals surface area contributed by atoms with Crippen molar-refractivity contribution in [3.63, 3.8) is 0 Å². The summed E-state index contributed by atoms with van der Waals surface area (Å²) in [6.07, 6.45) is 5.72. The van der Waals surface area contributed by atoms with Crippen LogP contribution in [0.2, 0.25) is 0 Å². The normalized spacial score (nSPS) is 21.2. The zero-order valence-corrected chi connectivity index (χ0v) is 11.9. The minimum atomic E-state index is -0.520. The van der Waals surface area contributed by atoms with Crippen molar-refractivity contribution in [2.24, 2.45) is 10.9 Å². The van der Waals surface area contributed by atoms with Gasteiger partial charge in [-0.1, -0.05) is 22.4 Å². The summed E-state index contributed by atoms with van der Waals surface area (Å²) in [4.78, 5) is 15.4. The molecule has 100 valence electrons. The fourth-order valence-electron chi connectivity index (χ4n) is 1.24. The molecular weight excluding hydrogens is 249 g/mol. The largest absolute Gasteiger partial charge is 0.350 e. The van der Waals surface area contributed by atoms with Gasteiger partial charge in [0.2, 0.25) is 0 Å². The lowest BCUT2D eigenvalue weighted by atomic mass is 10.1. The number of carbonyl (C=O) groups is 1. The van der Waals surface area contributed by atoms with E-state index in [1.54, 1.807) is 11.6 Å². The van der Waals surface area contributed by atoms with Gasteiger partial charge in [-0.25, -0.2) is 5.48 Å². The number of nitrogens with one attached hydrogen (secondary N) is 2. The molecule has 3 N–H and O–H groups in total. The van der Waals surface area contributed by atoms with Crippen molar-refractivity contribution < 1.29 is 10.0 Å². The number of amides is 1. The third kappa shape index (κ3) is 4.98. The molecule has 5 nitrogen and oxygen atoms in total. The molecule has 0 radical (unpaired) electrons. The maximum atomic E-state index is 10.8. The van der Waals surface area contributed by atoms with Crippen LogP contribution in [-0.2, 0) is 4.79 Å². The topological polar surface area (TPSA) is 73.7 Å². The Labute approximate surface area is 109 Å². The molecule has 0 saturated carbocycles. The predicted octanol–water partition coefficient (Wildman–Crippen LogP) is 1.61. The van der Waals surface area contributed by atoms with Crippen molar-refractivity contribution in [1.29, 1.82) is 0 Å². The van der Waals surface area contributed by atoms with Gasteiger partial charge in [0.1, 0.15) is 5.84 Å². The van der Waals surface area contributed by atoms with Crippen LogP contribution < -0.4 is 10.8 Å². The van der Waals surface area contributed by atoms with Gasteiger partial charge in [0.05, 0.1) is 6.04 Å². The smallest absolute Gasteiger partial charge is 0.267 e. The number of rotatable bonds is 4. The zero-order chi connectivity index (χ0) is 13.5. The molecule has 6 heteroatoms. The van der Waals surface area contributed by atoms with Crippen LogP contribution in [0.5, 0.6) is 0 Å². The highest BCUT2D eigenvalue weighted by Gasteiger charge is 2.10. The Morgan fingerprint density at radius 3 is 2.83 bits per heavy atom. The Morgan fingerprint density at radius 2 is 2.33 bits per heavy atom. The van der Waals surface area contributed by atoms with Gasteiger partial charge in [0.15, 0.2) is 0 Å². The number of hydrogen-bond donors (Lipinski definition) is 3. The van der Waals surface area contributed by atoms with Crippen LogP contribution in [0.1, 0.15) is 20.8 Å². The van der Waals surface area contributed by atoms with Gasteiger partial charge in [0, 0.05) is 18.4 Å². The van der Waals surface area contributed by atoms with E-state index in [9.17, 15) is 4.79 Å². The van der Waals surface area contributed by atoms with Crippen LogP contribution >= 0.6 is 8.58 Å². The van der Waals surface area contributed by atoms with E-state index in [0.717, 1.165) is 17.3 Å². The monoisotopic (exact) mass is 269 g/mol. The molecule has 18 heavy (non-hydrogen) atoms. The standard InChI is InChI=1S/C12H20N3O2P/c1-8(2)9(3)14-11-7-18-10(6-13-11)4-5-12(16)15-17/h4-6,8-9,17-18H,7H2,1-3H3,(H,13,14)(H,15,16)/b5-4+. The Bertz CT molecular complexity index is 389. The summed E-state index contributed by atoms with van der Waals surface area (Å²) >= 11 is 0. The maximum Gasteiger partial charge on any atom is 0.267 e. The van der Waals surface area contributed by atoms with E-state index in [1.807, 2.05) is 6.20 Å². The highest BCUT2D eigenvalue weighted by molar-refractivity contribution is 7.44. The first kappa shape index (κ1) is 14.9. The van der Waals surface area contributed by atoms with Crippen LogP contribution in [0.3, 0.4) is 0 Å². The summed E-state index contributed by atoms with van der Waals surface area (Å²) in [5.41, 5.74) is 1.56. The van der Waals surface area contributed by atoms with Gasteiger partial charge in [-0.15, -0.1) is 0 Å². The summed E-state index contributed by atoms with van der Waals surface area (Å²) in [6, 6.07) is 0.308. The highest BCUT2D eigenvalue weighted by atomic mass is 31.1. The molecule has 2 atom stereocenters. The zero-order valence-electron chi connectivity index (χ0n) is 10.9. The van der Waals surface area contributed by atoms with Crippen molar-refractivity contribution in [3.8, 4) is 0 Å². The molecular formula is C12H20N3O2P. The molecule has 0 aromatic heterocycles. The van der Waals surface area contributed by atoms with E-state index in [2.05, 4.69) is 31.1 Å². The maximum absolute atomic E-state index is 10.8. The second kappa shape index (κ2) is 7.29. The second-order valence-electron chi connectivity index (χ2n) is 4.47. The summed E-state index contributed by atoms with van der Waals surface area (Å²) in [5, 5.41) is 12.5. The third-order valence-electron chi connectivity index (χ3n) is 2.70. The van der Waals surface area contributed by atoms with Gasteiger partial charge in [-0.2, -0.15) is 0 Å². The summed E-state index contributed by atoms with van der Waals surface area (Å²) in [7, 11) is 0.587. The molecule has 1 amide bonds. The predicted molar refractivity (Wildman–Crippen MR) is 75.2 cm³/mol. The van der Waals surface area contributed by atoms with Crippen molar-refractivity contribution in [2.45, 2.75) is 26.8 Å². The van der Waals surface area contributed by atoms with E-state index in [-0.39, 0.29) is 0 Å². The number of hydrogen-bond acceptors (Lipinski definition) is 3. The van der Waals surface area contributed by atoms with E-state index in [0.29, 0.717) is 20.5 Å². The lowest BCUT2D eigenvalue weighted by Crippen LogP contribution is -2.26. The third-order valence-corrected chi connectivity index (χ3v) is 3.93. The average molecular weight is 269 g/mol. The molecule has 1 aliphatic rings. The first-order valence-electron chi connectivity index (χ1n) is 5.92. The van der Waals surface area contributed by atoms with Crippen LogP contribution in [-0.4, -0.2) is 29.2 Å². The van der Waals surface area contributed by atoms with Crippen molar-refractivity contribution >= 4 is 20.3 Å². The molecule has 2 unspecified atom stereocenters. The molecule has 0 aromatic carbocycles. The Hall–Kier alpha value is -1.19. The molecule has 1 rings (SSSR count). The summed E-state index contributed by atoms with van der Waals surface area (Å²) in [6.45, 7) is 6.40. The SMILES string of the molecule is CC(C)C(C)N=C1CPC(/C=C/C(=O)NO)=CN1. The molecule has 0 aromatic rings. The second-order valence-corrected chi connectivity index (χ2v) is 5.75. The van der Waals surface area contributed by atoms with Crippen LogP contribution in [0.4, 0.5) is 0 Å². The Kier molecular flexibility index (Phi) is 6.02. The number of amidine groups is 1. The minimum absolute atomic E-state index is 0.308. The fourth-order valence-corrected chi connectivity index (χ4v) is 2.18. The first-order chi connectivity index (χ1) is 8.52. The molecule has 0 saturated heterocycles. The van der Waals surface area contributed by atoms with E-state index in [1.165, 1.54) is 6.08 Å². The van der Waals surface area contributed by atoms with Crippen LogP contribution in [0, 0.1) is 5.92 Å². The molecule has 0 spiro atoms. The summed E-state index contributed by atoms with van der Waals surface area (Å²) in [5.74, 6) is 1.01. The molecule has 1 heterocycles. The quantitative estimate of drug-likeness (QED) is 0.314. The van der Waals surface area contributed by atoms with Crippen molar-refractivity contribution in [1.82, 2.24) is 10.8 Å². The van der Waals surface area contributed by atoms with Gasteiger partial charge in [0.25, 0.3) is 5.91 Å². The van der Waals surface area contributed by atoms with Crippen molar-refractivity contribution in [3.05, 3.63) is 23.7 Å². The average Bonchev–Trinajstić information content (AvgIpc) is 2.37. The Morgan fingerprint density at radius 1 is 1.61 bits per heavy atom. The molecule has 0 aliphatic carbocycles. The van der Waals surface area contributed by atoms with Gasteiger partial charge < -0.3 is 5.32 Å². The molecule has 1 aliphatic heterocycles. The highest BCUT2D eigenvalue weighted by Crippen LogP contribution is 2.27. The lowest BCUT2D eigenvalue weighted by Gasteiger charge is -2.18. The number of aliphatic imine (C=N–C) groups is 1. The van der Waals surface area contributed by atoms with Crippen LogP contribution in [0.15, 0.2) is 28.7 Å². The number of carbonyl (C=O) groups excluding carboxylic acids is 1. The number of nitrogens with zero attached hydrogens (tertiary/aromatic N) is 1. The molecule has 0 bridgehead atoms. The van der Waals surface area contributed by atoms with Crippen molar-refractivity contribution in [2.75, 3.05) is 6.16 Å². The number of hydroxylamine groups is 1. The van der Waals surface area contributed by atoms with E-state index >= 15 is 0 Å². The van der Waals surface area contributed by atoms with Gasteiger partial charge >= 0.3 is 0 Å². The summed E-state index contributed by atoms with van der Waals surface area (Å²) < 4.78 is 0. The molecule has 0 fully saturated rings. The number of allylic oxidation sites excluding steroid dienone is 2. The van der Waals surface area contributed by atoms with E-state index in [4.69, 9.17) is 5.21 Å². The fraction of sp³-hybridized carbons (Fsp3) is 0.500. The lowest BCUT2D eigenvalue weighted by molar-refractivity contribution is -0.124. The van der Waals surface area contributed by atoms with Crippen LogP contribution in [0.25, 0.3) is 0 Å². The minimum Gasteiger partial charge on any atom is -0.350 e. The van der Waals surface area contributed by atoms with Gasteiger partial charge in [-0.3, -0.25) is 15.0 Å². The first-order valence-corrected chi connectivity index (χ1v) is 7.13. The van der Waals surface area contributed by atoms with E-state index < -0.39 is 5.91 Å².